The maximum Gasteiger partial charge on any atom is 0.490 e. The number of benzene rings is 1. The molecule has 0 saturated carbocycles. The van der Waals surface area contributed by atoms with Crippen LogP contribution in [0.15, 0.2) is 24.3 Å². The fourth-order valence-electron chi connectivity index (χ4n) is 2.28. The molecule has 0 aliphatic carbocycles. The number of carboxylic acid groups (broad SMARTS) is 1. The van der Waals surface area contributed by atoms with Crippen molar-refractivity contribution in [2.45, 2.75) is 18.6 Å². The number of carbonyl (C=O) groups is 2. The summed E-state index contributed by atoms with van der Waals surface area (Å²) in [4.78, 5) is 23.8. The lowest BCUT2D eigenvalue weighted by Gasteiger charge is -2.09. The summed E-state index contributed by atoms with van der Waals surface area (Å²) in [6.07, 6.45) is -4.15. The summed E-state index contributed by atoms with van der Waals surface area (Å²) in [5, 5.41) is 13.7. The fourth-order valence-corrected chi connectivity index (χ4v) is 2.28. The van der Waals surface area contributed by atoms with Gasteiger partial charge >= 0.3 is 12.1 Å². The van der Waals surface area contributed by atoms with E-state index in [2.05, 4.69) is 15.6 Å². The van der Waals surface area contributed by atoms with Gasteiger partial charge in [0.15, 0.2) is 0 Å². The number of aromatic nitrogens is 1. The van der Waals surface area contributed by atoms with Crippen LogP contribution in [-0.2, 0) is 4.79 Å². The Morgan fingerprint density at radius 2 is 1.96 bits per heavy atom. The van der Waals surface area contributed by atoms with E-state index in [9.17, 15) is 22.4 Å². The van der Waals surface area contributed by atoms with Gasteiger partial charge in [-0.15, -0.1) is 0 Å². The van der Waals surface area contributed by atoms with Crippen molar-refractivity contribution in [3.05, 3.63) is 35.8 Å². The Balaban J connectivity index is 0.000000277. The van der Waals surface area contributed by atoms with Crippen LogP contribution in [0.5, 0.6) is 0 Å². The van der Waals surface area contributed by atoms with Crippen molar-refractivity contribution in [1.29, 1.82) is 0 Å². The summed E-state index contributed by atoms with van der Waals surface area (Å²) in [5.74, 6) is -3.25. The van der Waals surface area contributed by atoms with E-state index in [0.29, 0.717) is 16.6 Å². The number of hydrogen-bond acceptors (Lipinski definition) is 3. The maximum atomic E-state index is 13.5. The van der Waals surface area contributed by atoms with Gasteiger partial charge in [0.1, 0.15) is 11.5 Å². The zero-order chi connectivity index (χ0) is 18.6. The molecule has 2 heterocycles. The van der Waals surface area contributed by atoms with Crippen molar-refractivity contribution in [2.75, 3.05) is 13.1 Å². The van der Waals surface area contributed by atoms with Gasteiger partial charge in [-0.25, -0.2) is 9.18 Å². The summed E-state index contributed by atoms with van der Waals surface area (Å²) in [5.41, 5.74) is 1.05. The molecule has 2 aromatic rings. The van der Waals surface area contributed by atoms with E-state index in [1.807, 2.05) is 0 Å². The first-order chi connectivity index (χ1) is 11.7. The van der Waals surface area contributed by atoms with E-state index < -0.39 is 12.1 Å². The Kier molecular flexibility index (Phi) is 5.62. The predicted octanol–water partition coefficient (Wildman–Crippen LogP) is 2.03. The summed E-state index contributed by atoms with van der Waals surface area (Å²) in [6.45, 7) is 1.71. The average Bonchev–Trinajstić information content (AvgIpc) is 3.16. The number of rotatable bonds is 2. The Morgan fingerprint density at radius 1 is 1.28 bits per heavy atom. The molecule has 0 bridgehead atoms. The van der Waals surface area contributed by atoms with Crippen molar-refractivity contribution in [1.82, 2.24) is 15.6 Å². The summed E-state index contributed by atoms with van der Waals surface area (Å²) in [6, 6.07) is 6.48. The van der Waals surface area contributed by atoms with E-state index in [-0.39, 0.29) is 17.8 Å². The number of halogens is 4. The highest BCUT2D eigenvalue weighted by Crippen LogP contribution is 2.18. The van der Waals surface area contributed by atoms with Gasteiger partial charge in [-0.05, 0) is 31.2 Å². The lowest BCUT2D eigenvalue weighted by atomic mass is 10.2. The molecule has 1 saturated heterocycles. The first-order valence-corrected chi connectivity index (χ1v) is 7.27. The van der Waals surface area contributed by atoms with Crippen LogP contribution in [0.25, 0.3) is 10.9 Å². The van der Waals surface area contributed by atoms with Crippen molar-refractivity contribution in [2.24, 2.45) is 0 Å². The van der Waals surface area contributed by atoms with Crippen LogP contribution in [0.4, 0.5) is 17.6 Å². The van der Waals surface area contributed by atoms with E-state index >= 15 is 0 Å². The molecule has 25 heavy (non-hydrogen) atoms. The summed E-state index contributed by atoms with van der Waals surface area (Å²) < 4.78 is 45.2. The van der Waals surface area contributed by atoms with Crippen molar-refractivity contribution >= 4 is 22.8 Å². The maximum absolute atomic E-state index is 13.5. The molecule has 1 atom stereocenters. The summed E-state index contributed by atoms with van der Waals surface area (Å²) >= 11 is 0. The monoisotopic (exact) mass is 361 g/mol. The number of fused-ring (bicyclic) bond motifs is 1. The van der Waals surface area contributed by atoms with Gasteiger partial charge in [0.2, 0.25) is 0 Å². The number of alkyl halides is 3. The molecule has 136 valence electrons. The lowest BCUT2D eigenvalue weighted by Crippen LogP contribution is -2.36. The number of H-pyrrole nitrogens is 1. The number of amides is 1. The van der Waals surface area contributed by atoms with Crippen LogP contribution >= 0.6 is 0 Å². The van der Waals surface area contributed by atoms with Gasteiger partial charge in [-0.1, -0.05) is 6.07 Å². The molecule has 6 nitrogen and oxygen atoms in total. The second-order valence-corrected chi connectivity index (χ2v) is 5.35. The van der Waals surface area contributed by atoms with Crippen LogP contribution in [0.3, 0.4) is 0 Å². The number of nitrogens with one attached hydrogen (secondary N) is 3. The topological polar surface area (TPSA) is 94.2 Å². The predicted molar refractivity (Wildman–Crippen MR) is 80.7 cm³/mol. The van der Waals surface area contributed by atoms with Gasteiger partial charge in [-0.2, -0.15) is 13.2 Å². The largest absolute Gasteiger partial charge is 0.490 e. The van der Waals surface area contributed by atoms with E-state index in [0.717, 1.165) is 19.5 Å². The number of carboxylic acids is 1. The first-order valence-electron chi connectivity index (χ1n) is 7.27. The Labute approximate surface area is 139 Å². The minimum Gasteiger partial charge on any atom is -0.475 e. The molecular formula is C15H15F4N3O3. The van der Waals surface area contributed by atoms with Crippen molar-refractivity contribution < 1.29 is 32.3 Å². The number of hydrogen-bond donors (Lipinski definition) is 4. The molecule has 4 N–H and O–H groups in total. The third-order valence-corrected chi connectivity index (χ3v) is 3.49. The third-order valence-electron chi connectivity index (χ3n) is 3.49. The second kappa shape index (κ2) is 7.51. The Morgan fingerprint density at radius 3 is 2.48 bits per heavy atom. The molecule has 1 aliphatic heterocycles. The van der Waals surface area contributed by atoms with Gasteiger partial charge in [0, 0.05) is 23.5 Å². The second-order valence-electron chi connectivity index (χ2n) is 5.35. The van der Waals surface area contributed by atoms with E-state index in [1.54, 1.807) is 18.2 Å². The summed E-state index contributed by atoms with van der Waals surface area (Å²) in [7, 11) is 0. The molecule has 1 fully saturated rings. The average molecular weight is 361 g/mol. The highest BCUT2D eigenvalue weighted by molar-refractivity contribution is 5.98. The van der Waals surface area contributed by atoms with Crippen LogP contribution in [0.1, 0.15) is 16.9 Å². The van der Waals surface area contributed by atoms with Gasteiger partial charge in [0.25, 0.3) is 5.91 Å². The molecule has 0 radical (unpaired) electrons. The Bertz CT molecular complexity index is 767. The molecule has 1 amide bonds. The molecule has 10 heteroatoms. The Hall–Kier alpha value is -2.62. The van der Waals surface area contributed by atoms with Gasteiger partial charge in [-0.3, -0.25) is 4.79 Å². The minimum atomic E-state index is -5.08. The molecule has 0 unspecified atom stereocenters. The highest BCUT2D eigenvalue weighted by atomic mass is 19.4. The first kappa shape index (κ1) is 18.7. The van der Waals surface area contributed by atoms with Gasteiger partial charge in [0.05, 0.1) is 0 Å². The third kappa shape index (κ3) is 4.92. The number of aromatic amines is 1. The van der Waals surface area contributed by atoms with Crippen molar-refractivity contribution in [3.8, 4) is 0 Å². The molecule has 0 spiro atoms. The SMILES string of the molecule is O=C(N[C@H]1CCNC1)c1cc2c(F)cccc2[nH]1.O=C(O)C(F)(F)F. The number of carbonyl (C=O) groups excluding carboxylic acids is 1. The van der Waals surface area contributed by atoms with E-state index in [4.69, 9.17) is 9.90 Å². The zero-order valence-corrected chi connectivity index (χ0v) is 12.8. The molecule has 3 rings (SSSR count). The number of aliphatic carboxylic acids is 1. The normalized spacial score (nSPS) is 17.0. The lowest BCUT2D eigenvalue weighted by molar-refractivity contribution is -0.192. The van der Waals surface area contributed by atoms with Gasteiger partial charge < -0.3 is 20.7 Å². The minimum absolute atomic E-state index is 0.161. The van der Waals surface area contributed by atoms with E-state index in [1.165, 1.54) is 6.07 Å². The van der Waals surface area contributed by atoms with Crippen LogP contribution in [-0.4, -0.2) is 47.3 Å². The smallest absolute Gasteiger partial charge is 0.475 e. The van der Waals surface area contributed by atoms with Crippen LogP contribution < -0.4 is 10.6 Å². The molecule has 1 aromatic carbocycles. The molecule has 1 aromatic heterocycles. The van der Waals surface area contributed by atoms with Crippen molar-refractivity contribution in [3.63, 3.8) is 0 Å². The fraction of sp³-hybridized carbons (Fsp3) is 0.333. The quantitative estimate of drug-likeness (QED) is 0.616. The molecular weight excluding hydrogens is 346 g/mol. The molecule has 1 aliphatic rings. The van der Waals surface area contributed by atoms with Crippen LogP contribution in [0, 0.1) is 5.82 Å². The van der Waals surface area contributed by atoms with Crippen LogP contribution in [0.2, 0.25) is 0 Å². The zero-order valence-electron chi connectivity index (χ0n) is 12.8. The highest BCUT2D eigenvalue weighted by Gasteiger charge is 2.38. The standard InChI is InChI=1S/C13H14FN3O.C2HF3O2/c14-10-2-1-3-11-9(10)6-12(17-11)13(18)16-8-4-5-15-7-8;3-2(4,5)1(6)7/h1-3,6,8,15,17H,4-5,7H2,(H,16,18);(H,6,7)/t8-;/m0./s1.